The van der Waals surface area contributed by atoms with Crippen LogP contribution in [0.5, 0.6) is 0 Å². The molecule has 0 unspecified atom stereocenters. The van der Waals surface area contributed by atoms with Gasteiger partial charge in [-0.05, 0) is 61.0 Å². The number of hydrogen-bond donors (Lipinski definition) is 3. The Balaban J connectivity index is 1.73. The highest BCUT2D eigenvalue weighted by Crippen LogP contribution is 2.30. The quantitative estimate of drug-likeness (QED) is 0.484. The van der Waals surface area contributed by atoms with Gasteiger partial charge in [0.2, 0.25) is 0 Å². The minimum absolute atomic E-state index is 0.0244. The maximum atomic E-state index is 12.7. The van der Waals surface area contributed by atoms with Gasteiger partial charge < -0.3 is 10.6 Å². The zero-order valence-electron chi connectivity index (χ0n) is 16.2. The number of carbonyl (C=O) groups is 1. The third-order valence-electron chi connectivity index (χ3n) is 4.23. The molecule has 0 spiro atoms. The van der Waals surface area contributed by atoms with Crippen LogP contribution in [0.15, 0.2) is 77.7 Å². The van der Waals surface area contributed by atoms with Gasteiger partial charge in [0.05, 0.1) is 10.5 Å². The van der Waals surface area contributed by atoms with Gasteiger partial charge in [0.25, 0.3) is 10.0 Å². The van der Waals surface area contributed by atoms with Crippen LogP contribution < -0.4 is 15.4 Å². The minimum atomic E-state index is -4.47. The normalized spacial score (nSPS) is 11.6. The van der Waals surface area contributed by atoms with Crippen LogP contribution in [-0.2, 0) is 16.2 Å². The van der Waals surface area contributed by atoms with Gasteiger partial charge in [0.15, 0.2) is 0 Å². The van der Waals surface area contributed by atoms with Crippen LogP contribution in [0.1, 0.15) is 11.1 Å². The highest BCUT2D eigenvalue weighted by Gasteiger charge is 2.30. The van der Waals surface area contributed by atoms with E-state index < -0.39 is 27.8 Å². The summed E-state index contributed by atoms with van der Waals surface area (Å²) in [5, 5.41) is 4.87. The zero-order chi connectivity index (χ0) is 22.6. The summed E-state index contributed by atoms with van der Waals surface area (Å²) in [6, 6.07) is 15.9. The Morgan fingerprint density at radius 1 is 0.806 bits per heavy atom. The number of sulfonamides is 1. The molecule has 31 heavy (non-hydrogen) atoms. The predicted octanol–water partition coefficient (Wildman–Crippen LogP) is 5.46. The molecule has 0 aromatic heterocycles. The molecule has 3 aromatic rings. The van der Waals surface area contributed by atoms with Crippen molar-refractivity contribution >= 4 is 33.1 Å². The molecular formula is C21H18F3N3O3S. The maximum Gasteiger partial charge on any atom is 0.416 e. The summed E-state index contributed by atoms with van der Waals surface area (Å²) in [4.78, 5) is 12.2. The van der Waals surface area contributed by atoms with Crippen molar-refractivity contribution in [2.75, 3.05) is 15.4 Å². The lowest BCUT2D eigenvalue weighted by molar-refractivity contribution is -0.137. The number of aryl methyl sites for hydroxylation is 1. The Morgan fingerprint density at radius 3 is 2.00 bits per heavy atom. The van der Waals surface area contributed by atoms with E-state index in [0.717, 1.165) is 24.3 Å². The summed E-state index contributed by atoms with van der Waals surface area (Å²) in [6.45, 7) is 1.62. The summed E-state index contributed by atoms with van der Waals surface area (Å²) in [7, 11) is -3.91. The number of nitrogens with one attached hydrogen (secondary N) is 3. The van der Waals surface area contributed by atoms with Gasteiger partial charge in [-0.1, -0.05) is 24.3 Å². The summed E-state index contributed by atoms with van der Waals surface area (Å²) in [5.41, 5.74) is 0.370. The third-order valence-corrected chi connectivity index (χ3v) is 5.75. The van der Waals surface area contributed by atoms with Gasteiger partial charge in [0, 0.05) is 17.1 Å². The van der Waals surface area contributed by atoms with Gasteiger partial charge in [-0.2, -0.15) is 13.2 Å². The van der Waals surface area contributed by atoms with Crippen molar-refractivity contribution in [1.29, 1.82) is 0 Å². The molecule has 10 heteroatoms. The van der Waals surface area contributed by atoms with Crippen LogP contribution in [0.2, 0.25) is 0 Å². The van der Waals surface area contributed by atoms with E-state index in [0.29, 0.717) is 11.3 Å². The standard InChI is InChI=1S/C21H18F3N3O3S/c1-14-7-10-18(13-19(14)31(29,30)27-17-5-3-2-4-6-17)26-20(28)25-16-11-8-15(9-12-16)21(22,23)24/h2-13,27H,1H3,(H2,25,26,28). The molecule has 2 amide bonds. The van der Waals surface area contributed by atoms with E-state index in [9.17, 15) is 26.4 Å². The second-order valence-electron chi connectivity index (χ2n) is 6.61. The molecule has 3 aromatic carbocycles. The number of rotatable bonds is 5. The number of para-hydroxylation sites is 1. The first-order valence-electron chi connectivity index (χ1n) is 8.98. The van der Waals surface area contributed by atoms with Crippen LogP contribution in [-0.4, -0.2) is 14.4 Å². The monoisotopic (exact) mass is 449 g/mol. The lowest BCUT2D eigenvalue weighted by atomic mass is 10.2. The molecule has 0 radical (unpaired) electrons. The van der Waals surface area contributed by atoms with E-state index >= 15 is 0 Å². The molecule has 0 aliphatic heterocycles. The second kappa shape index (κ2) is 8.68. The Hall–Kier alpha value is -3.53. The smallest absolute Gasteiger partial charge is 0.308 e. The fourth-order valence-corrected chi connectivity index (χ4v) is 4.05. The fraction of sp³-hybridized carbons (Fsp3) is 0.0952. The van der Waals surface area contributed by atoms with Gasteiger partial charge >= 0.3 is 12.2 Å². The van der Waals surface area contributed by atoms with E-state index in [1.807, 2.05) is 0 Å². The van der Waals surface area contributed by atoms with Crippen molar-refractivity contribution in [3.8, 4) is 0 Å². The molecule has 3 N–H and O–H groups in total. The van der Waals surface area contributed by atoms with Crippen LogP contribution in [0, 0.1) is 6.92 Å². The number of carbonyl (C=O) groups excluding carboxylic acids is 1. The number of amides is 2. The first-order valence-corrected chi connectivity index (χ1v) is 10.5. The molecule has 0 bridgehead atoms. The predicted molar refractivity (Wildman–Crippen MR) is 113 cm³/mol. The average molecular weight is 449 g/mol. The van der Waals surface area contributed by atoms with Crippen molar-refractivity contribution in [3.05, 3.63) is 83.9 Å². The Kier molecular flexibility index (Phi) is 6.21. The first-order chi connectivity index (χ1) is 14.5. The van der Waals surface area contributed by atoms with Crippen LogP contribution in [0.4, 0.5) is 35.0 Å². The summed E-state index contributed by atoms with van der Waals surface area (Å²) in [5.74, 6) is 0. The highest BCUT2D eigenvalue weighted by molar-refractivity contribution is 7.92. The SMILES string of the molecule is Cc1ccc(NC(=O)Nc2ccc(C(F)(F)F)cc2)cc1S(=O)(=O)Nc1ccccc1. The number of halogens is 3. The van der Waals surface area contributed by atoms with Crippen LogP contribution >= 0.6 is 0 Å². The van der Waals surface area contributed by atoms with E-state index in [4.69, 9.17) is 0 Å². The lowest BCUT2D eigenvalue weighted by Gasteiger charge is -2.13. The van der Waals surface area contributed by atoms with Crippen LogP contribution in [0.25, 0.3) is 0 Å². The van der Waals surface area contributed by atoms with Crippen molar-refractivity contribution in [3.63, 3.8) is 0 Å². The largest absolute Gasteiger partial charge is 0.416 e. The van der Waals surface area contributed by atoms with E-state index in [-0.39, 0.29) is 16.3 Å². The molecule has 0 saturated carbocycles. The minimum Gasteiger partial charge on any atom is -0.308 e. The summed E-state index contributed by atoms with van der Waals surface area (Å²) >= 11 is 0. The van der Waals surface area contributed by atoms with Crippen molar-refractivity contribution < 1.29 is 26.4 Å². The van der Waals surface area contributed by atoms with Crippen molar-refractivity contribution in [1.82, 2.24) is 0 Å². The molecule has 6 nitrogen and oxygen atoms in total. The molecule has 0 saturated heterocycles. The summed E-state index contributed by atoms with van der Waals surface area (Å²) < 4.78 is 65.8. The molecule has 0 heterocycles. The summed E-state index contributed by atoms with van der Waals surface area (Å²) in [6.07, 6.45) is -4.47. The van der Waals surface area contributed by atoms with Gasteiger partial charge in [-0.3, -0.25) is 4.72 Å². The van der Waals surface area contributed by atoms with Crippen molar-refractivity contribution in [2.45, 2.75) is 18.0 Å². The number of alkyl halides is 3. The number of urea groups is 1. The average Bonchev–Trinajstić information content (AvgIpc) is 2.69. The Morgan fingerprint density at radius 2 is 1.39 bits per heavy atom. The van der Waals surface area contributed by atoms with E-state index in [2.05, 4.69) is 15.4 Å². The molecule has 0 aliphatic rings. The van der Waals surface area contributed by atoms with Crippen LogP contribution in [0.3, 0.4) is 0 Å². The maximum absolute atomic E-state index is 12.7. The first kappa shape index (κ1) is 22.2. The third kappa shape index (κ3) is 5.76. The van der Waals surface area contributed by atoms with Gasteiger partial charge in [0.1, 0.15) is 0 Å². The van der Waals surface area contributed by atoms with Crippen molar-refractivity contribution in [2.24, 2.45) is 0 Å². The number of hydrogen-bond acceptors (Lipinski definition) is 3. The molecule has 3 rings (SSSR count). The van der Waals surface area contributed by atoms with E-state index in [1.165, 1.54) is 18.2 Å². The molecule has 0 atom stereocenters. The lowest BCUT2D eigenvalue weighted by Crippen LogP contribution is -2.20. The topological polar surface area (TPSA) is 87.3 Å². The Labute approximate surface area is 177 Å². The van der Waals surface area contributed by atoms with Gasteiger partial charge in [-0.25, -0.2) is 13.2 Å². The fourth-order valence-electron chi connectivity index (χ4n) is 2.72. The van der Waals surface area contributed by atoms with Gasteiger partial charge in [-0.15, -0.1) is 0 Å². The molecule has 162 valence electrons. The highest BCUT2D eigenvalue weighted by atomic mass is 32.2. The molecule has 0 aliphatic carbocycles. The second-order valence-corrected chi connectivity index (χ2v) is 8.26. The number of benzene rings is 3. The molecular weight excluding hydrogens is 431 g/mol. The zero-order valence-corrected chi connectivity index (χ0v) is 17.0. The van der Waals surface area contributed by atoms with E-state index in [1.54, 1.807) is 37.3 Å². The molecule has 0 fully saturated rings. The number of anilines is 3. The Bertz CT molecular complexity index is 1180.